The molecule has 1 amide bonds. The molecule has 3 heteroatoms. The summed E-state index contributed by atoms with van der Waals surface area (Å²) in [6, 6.07) is 9.98. The van der Waals surface area contributed by atoms with Gasteiger partial charge >= 0.3 is 0 Å². The van der Waals surface area contributed by atoms with Gasteiger partial charge in [0.25, 0.3) is 0 Å². The maximum absolute atomic E-state index is 12.3. The number of hydrogen-bond acceptors (Lipinski definition) is 2. The molecule has 0 aromatic heterocycles. The van der Waals surface area contributed by atoms with Gasteiger partial charge in [0.1, 0.15) is 0 Å². The molecule has 0 aliphatic heterocycles. The number of hydrogen-bond donors (Lipinski definition) is 2. The Bertz CT molecular complexity index is 418. The van der Waals surface area contributed by atoms with Crippen molar-refractivity contribution in [2.75, 3.05) is 0 Å². The number of nitrogens with one attached hydrogen (secondary N) is 1. The lowest BCUT2D eigenvalue weighted by Crippen LogP contribution is -2.53. The number of amides is 1. The zero-order valence-corrected chi connectivity index (χ0v) is 12.7. The Balaban J connectivity index is 2.99. The number of nitrogens with two attached hydrogens (primary N) is 1. The van der Waals surface area contributed by atoms with Gasteiger partial charge in [0.05, 0.1) is 11.6 Å². The molecule has 0 saturated carbocycles. The standard InChI is InChI=1S/C16H26N2O/c1-6-16(5,17)14(19)18-13(15(2,3)4)12-10-8-7-9-11-12/h7-11,13H,6,17H2,1-5H3,(H,18,19). The van der Waals surface area contributed by atoms with Crippen molar-refractivity contribution < 1.29 is 4.79 Å². The van der Waals surface area contributed by atoms with E-state index in [1.807, 2.05) is 37.3 Å². The molecule has 2 atom stereocenters. The highest BCUT2D eigenvalue weighted by Gasteiger charge is 2.33. The predicted molar refractivity (Wildman–Crippen MR) is 79.7 cm³/mol. The molecule has 1 aromatic carbocycles. The van der Waals surface area contributed by atoms with Crippen LogP contribution in [0.25, 0.3) is 0 Å². The average molecular weight is 262 g/mol. The normalized spacial score (nSPS) is 16.5. The molecule has 0 spiro atoms. The highest BCUT2D eigenvalue weighted by molar-refractivity contribution is 5.85. The maximum atomic E-state index is 12.3. The van der Waals surface area contributed by atoms with Gasteiger partial charge in [-0.05, 0) is 24.3 Å². The van der Waals surface area contributed by atoms with Crippen molar-refractivity contribution in [1.29, 1.82) is 0 Å². The van der Waals surface area contributed by atoms with Gasteiger partial charge in [-0.15, -0.1) is 0 Å². The van der Waals surface area contributed by atoms with Crippen molar-refractivity contribution in [3.05, 3.63) is 35.9 Å². The van der Waals surface area contributed by atoms with Crippen LogP contribution in [0, 0.1) is 5.41 Å². The van der Waals surface area contributed by atoms with Crippen LogP contribution in [0.1, 0.15) is 52.6 Å². The molecule has 1 aromatic rings. The van der Waals surface area contributed by atoms with Gasteiger partial charge in [0.2, 0.25) is 5.91 Å². The summed E-state index contributed by atoms with van der Waals surface area (Å²) in [5.74, 6) is -0.0984. The fraction of sp³-hybridized carbons (Fsp3) is 0.562. The minimum atomic E-state index is -0.821. The molecule has 2 unspecified atom stereocenters. The fourth-order valence-electron chi connectivity index (χ4n) is 1.90. The van der Waals surface area contributed by atoms with Crippen LogP contribution in [0.5, 0.6) is 0 Å². The van der Waals surface area contributed by atoms with E-state index in [1.165, 1.54) is 0 Å². The van der Waals surface area contributed by atoms with Crippen LogP contribution in [0.3, 0.4) is 0 Å². The predicted octanol–water partition coefficient (Wildman–Crippen LogP) is 3.02. The van der Waals surface area contributed by atoms with Crippen molar-refractivity contribution in [1.82, 2.24) is 5.32 Å². The van der Waals surface area contributed by atoms with Gasteiger partial charge in [-0.2, -0.15) is 0 Å². The maximum Gasteiger partial charge on any atom is 0.240 e. The number of rotatable bonds is 4. The third-order valence-corrected chi connectivity index (χ3v) is 3.53. The molecule has 0 saturated heterocycles. The fourth-order valence-corrected chi connectivity index (χ4v) is 1.90. The SMILES string of the molecule is CCC(C)(N)C(=O)NC(c1ccccc1)C(C)(C)C. The number of carbonyl (C=O) groups is 1. The summed E-state index contributed by atoms with van der Waals surface area (Å²) in [4.78, 5) is 12.3. The van der Waals surface area contributed by atoms with E-state index in [1.54, 1.807) is 6.92 Å². The topological polar surface area (TPSA) is 55.1 Å². The van der Waals surface area contributed by atoms with E-state index in [0.717, 1.165) is 5.56 Å². The third kappa shape index (κ3) is 4.06. The highest BCUT2D eigenvalue weighted by atomic mass is 16.2. The summed E-state index contributed by atoms with van der Waals surface area (Å²) in [7, 11) is 0. The number of benzene rings is 1. The second-order valence-electron chi connectivity index (χ2n) is 6.45. The van der Waals surface area contributed by atoms with Crippen LogP contribution in [0.15, 0.2) is 30.3 Å². The van der Waals surface area contributed by atoms with E-state index in [0.29, 0.717) is 6.42 Å². The minimum Gasteiger partial charge on any atom is -0.347 e. The number of carbonyl (C=O) groups excluding carboxylic acids is 1. The van der Waals surface area contributed by atoms with E-state index in [9.17, 15) is 4.79 Å². The first-order valence-corrected chi connectivity index (χ1v) is 6.83. The second-order valence-corrected chi connectivity index (χ2v) is 6.45. The van der Waals surface area contributed by atoms with Crippen LogP contribution >= 0.6 is 0 Å². The summed E-state index contributed by atoms with van der Waals surface area (Å²) in [5.41, 5.74) is 6.23. The Morgan fingerprint density at radius 2 is 1.74 bits per heavy atom. The highest BCUT2D eigenvalue weighted by Crippen LogP contribution is 2.33. The Morgan fingerprint density at radius 1 is 1.21 bits per heavy atom. The van der Waals surface area contributed by atoms with Crippen LogP contribution in [0.4, 0.5) is 0 Å². The summed E-state index contributed by atoms with van der Waals surface area (Å²) < 4.78 is 0. The van der Waals surface area contributed by atoms with Gasteiger partial charge in [-0.25, -0.2) is 0 Å². The summed E-state index contributed by atoms with van der Waals surface area (Å²) in [6.07, 6.45) is 0.616. The largest absolute Gasteiger partial charge is 0.347 e. The minimum absolute atomic E-state index is 0.0457. The van der Waals surface area contributed by atoms with E-state index >= 15 is 0 Å². The van der Waals surface area contributed by atoms with Crippen molar-refractivity contribution in [2.45, 2.75) is 52.6 Å². The van der Waals surface area contributed by atoms with Gasteiger partial charge in [-0.1, -0.05) is 58.0 Å². The van der Waals surface area contributed by atoms with Crippen LogP contribution in [-0.4, -0.2) is 11.4 Å². The van der Waals surface area contributed by atoms with Gasteiger partial charge in [-0.3, -0.25) is 4.79 Å². The lowest BCUT2D eigenvalue weighted by Gasteiger charge is -2.34. The Labute approximate surface area is 116 Å². The smallest absolute Gasteiger partial charge is 0.240 e. The Kier molecular flexibility index (Phi) is 4.75. The molecular formula is C16H26N2O. The molecule has 0 aliphatic carbocycles. The first-order chi connectivity index (χ1) is 8.68. The first kappa shape index (κ1) is 15.7. The molecule has 3 nitrogen and oxygen atoms in total. The average Bonchev–Trinajstić information content (AvgIpc) is 2.35. The van der Waals surface area contributed by atoms with Crippen LogP contribution in [-0.2, 0) is 4.79 Å². The zero-order chi connectivity index (χ0) is 14.7. The quantitative estimate of drug-likeness (QED) is 0.876. The van der Waals surface area contributed by atoms with E-state index < -0.39 is 5.54 Å². The molecule has 19 heavy (non-hydrogen) atoms. The van der Waals surface area contributed by atoms with E-state index in [-0.39, 0.29) is 17.4 Å². The van der Waals surface area contributed by atoms with Gasteiger partial charge in [0.15, 0.2) is 0 Å². The Hall–Kier alpha value is -1.35. The van der Waals surface area contributed by atoms with Crippen molar-refractivity contribution in [3.63, 3.8) is 0 Å². The molecule has 0 heterocycles. The molecule has 0 bridgehead atoms. The molecule has 106 valence electrons. The van der Waals surface area contributed by atoms with Crippen LogP contribution < -0.4 is 11.1 Å². The third-order valence-electron chi connectivity index (χ3n) is 3.53. The molecule has 3 N–H and O–H groups in total. The molecule has 1 rings (SSSR count). The summed E-state index contributed by atoms with van der Waals surface area (Å²) in [5, 5.41) is 3.10. The lowest BCUT2D eigenvalue weighted by atomic mass is 9.81. The monoisotopic (exact) mass is 262 g/mol. The molecule has 0 fully saturated rings. The Morgan fingerprint density at radius 3 is 2.16 bits per heavy atom. The lowest BCUT2D eigenvalue weighted by molar-refractivity contribution is -0.127. The van der Waals surface area contributed by atoms with Crippen molar-refractivity contribution in [3.8, 4) is 0 Å². The zero-order valence-electron chi connectivity index (χ0n) is 12.7. The van der Waals surface area contributed by atoms with Crippen LogP contribution in [0.2, 0.25) is 0 Å². The molecule has 0 aliphatic rings. The van der Waals surface area contributed by atoms with Crippen molar-refractivity contribution in [2.24, 2.45) is 11.1 Å². The summed E-state index contributed by atoms with van der Waals surface area (Å²) >= 11 is 0. The van der Waals surface area contributed by atoms with E-state index in [2.05, 4.69) is 26.1 Å². The van der Waals surface area contributed by atoms with Gasteiger partial charge < -0.3 is 11.1 Å². The van der Waals surface area contributed by atoms with Gasteiger partial charge in [0, 0.05) is 0 Å². The second kappa shape index (κ2) is 5.74. The van der Waals surface area contributed by atoms with Crippen molar-refractivity contribution >= 4 is 5.91 Å². The van der Waals surface area contributed by atoms with E-state index in [4.69, 9.17) is 5.73 Å². The first-order valence-electron chi connectivity index (χ1n) is 6.83. The summed E-state index contributed by atoms with van der Waals surface area (Å²) in [6.45, 7) is 10.0. The molecular weight excluding hydrogens is 236 g/mol. The molecule has 0 radical (unpaired) electrons.